The Morgan fingerprint density at radius 3 is 2.38 bits per heavy atom. The zero-order chi connectivity index (χ0) is 8.97. The Bertz CT molecular complexity index is 127. The van der Waals surface area contributed by atoms with Gasteiger partial charge in [0.1, 0.15) is 6.17 Å². The van der Waals surface area contributed by atoms with E-state index in [2.05, 4.69) is 5.32 Å². The zero-order valence-corrected chi connectivity index (χ0v) is 9.24. The number of hydrogen-bond acceptors (Lipinski definition) is 2. The molecule has 0 unspecified atom stereocenters. The van der Waals surface area contributed by atoms with E-state index in [1.54, 1.807) is 0 Å². The van der Waals surface area contributed by atoms with Crippen molar-refractivity contribution in [3.63, 3.8) is 0 Å². The van der Waals surface area contributed by atoms with Gasteiger partial charge in [-0.3, -0.25) is 0 Å². The summed E-state index contributed by atoms with van der Waals surface area (Å²) >= 11 is 0. The van der Waals surface area contributed by atoms with Crippen molar-refractivity contribution in [1.82, 2.24) is 10.2 Å². The van der Waals surface area contributed by atoms with Gasteiger partial charge < -0.3 is 10.2 Å². The number of halogens is 2. The van der Waals surface area contributed by atoms with Gasteiger partial charge in [-0.2, -0.15) is 0 Å². The Labute approximate surface area is 86.3 Å². The lowest BCUT2D eigenvalue weighted by atomic mass is 9.93. The standard InChI is InChI=1S/C9H19FN2.ClH/c1-12(2)7-9(10)8-3-5-11-6-4-8;/h8-9,11H,3-7H2,1-2H3;1H/t9-;/m1./s1. The van der Waals surface area contributed by atoms with Crippen LogP contribution in [0.25, 0.3) is 0 Å². The van der Waals surface area contributed by atoms with Gasteiger partial charge in [-0.1, -0.05) is 0 Å². The minimum atomic E-state index is -0.637. The fourth-order valence-corrected chi connectivity index (χ4v) is 1.70. The van der Waals surface area contributed by atoms with Crippen molar-refractivity contribution in [2.75, 3.05) is 33.7 Å². The normalized spacial score (nSPS) is 21.2. The maximum Gasteiger partial charge on any atom is 0.116 e. The fourth-order valence-electron chi connectivity index (χ4n) is 1.70. The third-order valence-electron chi connectivity index (χ3n) is 2.43. The van der Waals surface area contributed by atoms with Crippen LogP contribution in [-0.4, -0.2) is 44.8 Å². The first-order valence-corrected chi connectivity index (χ1v) is 4.69. The van der Waals surface area contributed by atoms with Crippen LogP contribution in [0.5, 0.6) is 0 Å². The van der Waals surface area contributed by atoms with Gasteiger partial charge in [0.15, 0.2) is 0 Å². The summed E-state index contributed by atoms with van der Waals surface area (Å²) in [6.07, 6.45) is 1.35. The maximum absolute atomic E-state index is 13.5. The minimum Gasteiger partial charge on any atom is -0.317 e. The van der Waals surface area contributed by atoms with E-state index in [1.165, 1.54) is 0 Å². The largest absolute Gasteiger partial charge is 0.317 e. The van der Waals surface area contributed by atoms with Crippen LogP contribution in [0, 0.1) is 5.92 Å². The molecule has 2 nitrogen and oxygen atoms in total. The summed E-state index contributed by atoms with van der Waals surface area (Å²) in [7, 11) is 3.85. The van der Waals surface area contributed by atoms with Gasteiger partial charge in [0.25, 0.3) is 0 Å². The van der Waals surface area contributed by atoms with Gasteiger partial charge in [0.2, 0.25) is 0 Å². The summed E-state index contributed by atoms with van der Waals surface area (Å²) < 4.78 is 13.5. The van der Waals surface area contributed by atoms with E-state index >= 15 is 0 Å². The van der Waals surface area contributed by atoms with E-state index < -0.39 is 6.17 Å². The third kappa shape index (κ3) is 4.79. The highest BCUT2D eigenvalue weighted by molar-refractivity contribution is 5.85. The Hall–Kier alpha value is 0.140. The van der Waals surface area contributed by atoms with Crippen LogP contribution in [0.15, 0.2) is 0 Å². The molecule has 0 radical (unpaired) electrons. The van der Waals surface area contributed by atoms with Crippen molar-refractivity contribution in [3.8, 4) is 0 Å². The van der Waals surface area contributed by atoms with Gasteiger partial charge in [0.05, 0.1) is 0 Å². The molecule has 80 valence electrons. The highest BCUT2D eigenvalue weighted by atomic mass is 35.5. The molecule has 0 amide bonds. The lowest BCUT2D eigenvalue weighted by Crippen LogP contribution is -2.36. The van der Waals surface area contributed by atoms with Crippen molar-refractivity contribution < 1.29 is 4.39 Å². The van der Waals surface area contributed by atoms with Crippen LogP contribution < -0.4 is 5.32 Å². The van der Waals surface area contributed by atoms with Crippen LogP contribution in [0.4, 0.5) is 4.39 Å². The molecule has 13 heavy (non-hydrogen) atoms. The minimum absolute atomic E-state index is 0. The lowest BCUT2D eigenvalue weighted by Gasteiger charge is -2.27. The lowest BCUT2D eigenvalue weighted by molar-refractivity contribution is 0.150. The molecule has 1 rings (SSSR count). The molecule has 1 N–H and O–H groups in total. The van der Waals surface area contributed by atoms with E-state index in [1.807, 2.05) is 19.0 Å². The van der Waals surface area contributed by atoms with Crippen LogP contribution >= 0.6 is 12.4 Å². The molecule has 0 aromatic carbocycles. The molecule has 1 atom stereocenters. The second-order valence-corrected chi connectivity index (χ2v) is 3.87. The van der Waals surface area contributed by atoms with Crippen molar-refractivity contribution >= 4 is 12.4 Å². The first kappa shape index (κ1) is 13.1. The van der Waals surface area contributed by atoms with E-state index in [4.69, 9.17) is 0 Å². The maximum atomic E-state index is 13.5. The third-order valence-corrected chi connectivity index (χ3v) is 2.43. The van der Waals surface area contributed by atoms with Crippen molar-refractivity contribution in [2.24, 2.45) is 5.92 Å². The highest BCUT2D eigenvalue weighted by Crippen LogP contribution is 2.19. The summed E-state index contributed by atoms with van der Waals surface area (Å²) in [5.74, 6) is 0.286. The Morgan fingerprint density at radius 2 is 1.92 bits per heavy atom. The molecule has 0 aromatic rings. The molecular formula is C9H20ClFN2. The average Bonchev–Trinajstić information content (AvgIpc) is 2.05. The second-order valence-electron chi connectivity index (χ2n) is 3.87. The number of nitrogens with zero attached hydrogens (tertiary/aromatic N) is 1. The van der Waals surface area contributed by atoms with Crippen LogP contribution in [-0.2, 0) is 0 Å². The first-order valence-electron chi connectivity index (χ1n) is 4.69. The smallest absolute Gasteiger partial charge is 0.116 e. The molecule has 0 spiro atoms. The van der Waals surface area contributed by atoms with E-state index in [-0.39, 0.29) is 18.3 Å². The summed E-state index contributed by atoms with van der Waals surface area (Å²) in [4.78, 5) is 1.92. The van der Waals surface area contributed by atoms with Gasteiger partial charge >= 0.3 is 0 Å². The van der Waals surface area contributed by atoms with Gasteiger partial charge in [-0.05, 0) is 45.9 Å². The quantitative estimate of drug-likeness (QED) is 0.756. The Balaban J connectivity index is 0.00000144. The molecule has 1 aliphatic heterocycles. The topological polar surface area (TPSA) is 15.3 Å². The van der Waals surface area contributed by atoms with Crippen LogP contribution in [0.3, 0.4) is 0 Å². The molecule has 0 saturated carbocycles. The molecule has 0 aliphatic carbocycles. The zero-order valence-electron chi connectivity index (χ0n) is 8.42. The predicted molar refractivity (Wildman–Crippen MR) is 56.3 cm³/mol. The van der Waals surface area contributed by atoms with Gasteiger partial charge in [0, 0.05) is 6.54 Å². The number of piperidine rings is 1. The SMILES string of the molecule is CN(C)C[C@@H](F)C1CCNCC1.Cl. The molecule has 1 aliphatic rings. The Kier molecular flexibility index (Phi) is 6.64. The summed E-state index contributed by atoms with van der Waals surface area (Å²) in [5, 5.41) is 3.24. The summed E-state index contributed by atoms with van der Waals surface area (Å²) in [6.45, 7) is 2.54. The van der Waals surface area contributed by atoms with Gasteiger partial charge in [-0.25, -0.2) is 4.39 Å². The molecule has 1 fully saturated rings. The fraction of sp³-hybridized carbons (Fsp3) is 1.00. The molecule has 0 bridgehead atoms. The second kappa shape index (κ2) is 6.57. The van der Waals surface area contributed by atoms with Crippen molar-refractivity contribution in [2.45, 2.75) is 19.0 Å². The molecule has 1 saturated heterocycles. The average molecular weight is 211 g/mol. The van der Waals surface area contributed by atoms with Crippen molar-refractivity contribution in [3.05, 3.63) is 0 Å². The van der Waals surface area contributed by atoms with E-state index in [9.17, 15) is 4.39 Å². The molecule has 0 aromatic heterocycles. The van der Waals surface area contributed by atoms with Crippen LogP contribution in [0.2, 0.25) is 0 Å². The molecule has 1 heterocycles. The van der Waals surface area contributed by atoms with Gasteiger partial charge in [-0.15, -0.1) is 12.4 Å². The summed E-state index contributed by atoms with van der Waals surface area (Å²) in [6, 6.07) is 0. The number of rotatable bonds is 3. The highest BCUT2D eigenvalue weighted by Gasteiger charge is 2.23. The number of alkyl halides is 1. The predicted octanol–water partition coefficient (Wildman–Crippen LogP) is 1.31. The van der Waals surface area contributed by atoms with E-state index in [0.29, 0.717) is 6.54 Å². The molecular weight excluding hydrogens is 191 g/mol. The van der Waals surface area contributed by atoms with Crippen LogP contribution in [0.1, 0.15) is 12.8 Å². The monoisotopic (exact) mass is 210 g/mol. The summed E-state index contributed by atoms with van der Waals surface area (Å²) in [5.41, 5.74) is 0. The van der Waals surface area contributed by atoms with E-state index in [0.717, 1.165) is 25.9 Å². The number of nitrogens with one attached hydrogen (secondary N) is 1. The van der Waals surface area contributed by atoms with Crippen molar-refractivity contribution in [1.29, 1.82) is 0 Å². The first-order chi connectivity index (χ1) is 5.70. The number of hydrogen-bond donors (Lipinski definition) is 1. The Morgan fingerprint density at radius 1 is 1.38 bits per heavy atom. The molecule has 4 heteroatoms.